The van der Waals surface area contributed by atoms with Crippen molar-refractivity contribution < 1.29 is 23.9 Å². The van der Waals surface area contributed by atoms with Gasteiger partial charge in [0.1, 0.15) is 18.1 Å². The van der Waals surface area contributed by atoms with Gasteiger partial charge in [0, 0.05) is 25.1 Å². The van der Waals surface area contributed by atoms with Crippen LogP contribution < -0.4 is 14.6 Å². The second-order valence-corrected chi connectivity index (χ2v) is 8.15. The molecule has 174 valence electrons. The van der Waals surface area contributed by atoms with Crippen LogP contribution in [0.5, 0.6) is 5.75 Å². The molecular formula is C24H22N4O5S. The topological polar surface area (TPSA) is 101 Å². The summed E-state index contributed by atoms with van der Waals surface area (Å²) in [7, 11) is 1.53. The van der Waals surface area contributed by atoms with Crippen molar-refractivity contribution in [2.45, 2.75) is 26.4 Å². The molecule has 0 spiro atoms. The van der Waals surface area contributed by atoms with Crippen LogP contribution in [0.25, 0.3) is 0 Å². The van der Waals surface area contributed by atoms with Gasteiger partial charge in [-0.1, -0.05) is 30.3 Å². The number of esters is 1. The molecule has 0 atom stereocenters. The number of hydrogen-bond acceptors (Lipinski definition) is 8. The van der Waals surface area contributed by atoms with Crippen LogP contribution in [0.2, 0.25) is 0 Å². The van der Waals surface area contributed by atoms with E-state index in [1.807, 2.05) is 12.1 Å². The molecule has 0 N–H and O–H groups in total. The first-order valence-electron chi connectivity index (χ1n) is 10.5. The third-order valence-corrected chi connectivity index (χ3v) is 5.87. The maximum atomic E-state index is 12.6. The van der Waals surface area contributed by atoms with Gasteiger partial charge < -0.3 is 9.47 Å². The maximum absolute atomic E-state index is 12.6. The SMILES string of the molecule is COc1ccccc1N(C(C)=O)c1nc(COC(=O)C2=NN(c3ccccc3)C(=O)CC2)cs1. The fraction of sp³-hybridized carbons (Fsp3) is 0.208. The van der Waals surface area contributed by atoms with Crippen molar-refractivity contribution in [2.24, 2.45) is 5.10 Å². The number of carbonyl (C=O) groups is 3. The zero-order valence-corrected chi connectivity index (χ0v) is 19.4. The Balaban J connectivity index is 1.47. The second-order valence-electron chi connectivity index (χ2n) is 7.31. The molecule has 4 rings (SSSR count). The second kappa shape index (κ2) is 10.3. The highest BCUT2D eigenvalue weighted by molar-refractivity contribution is 7.14. The van der Waals surface area contributed by atoms with E-state index in [9.17, 15) is 14.4 Å². The van der Waals surface area contributed by atoms with Crippen LogP contribution in [0.3, 0.4) is 0 Å². The molecule has 0 saturated heterocycles. The number of anilines is 3. The summed E-state index contributed by atoms with van der Waals surface area (Å²) in [5.41, 5.74) is 1.81. The van der Waals surface area contributed by atoms with Crippen LogP contribution >= 0.6 is 11.3 Å². The van der Waals surface area contributed by atoms with Gasteiger partial charge in [-0.25, -0.2) is 14.8 Å². The van der Waals surface area contributed by atoms with E-state index in [-0.39, 0.29) is 37.0 Å². The monoisotopic (exact) mass is 478 g/mol. The first-order chi connectivity index (χ1) is 16.5. The van der Waals surface area contributed by atoms with Gasteiger partial charge in [0.25, 0.3) is 0 Å². The molecule has 2 amide bonds. The lowest BCUT2D eigenvalue weighted by atomic mass is 10.1. The molecule has 1 aliphatic rings. The normalized spacial score (nSPS) is 13.3. The number of para-hydroxylation sites is 3. The maximum Gasteiger partial charge on any atom is 0.354 e. The van der Waals surface area contributed by atoms with E-state index >= 15 is 0 Å². The quantitative estimate of drug-likeness (QED) is 0.475. The number of hydrogen-bond donors (Lipinski definition) is 0. The summed E-state index contributed by atoms with van der Waals surface area (Å²) in [6.07, 6.45) is 0.366. The minimum absolute atomic E-state index is 0.0920. The molecular weight excluding hydrogens is 456 g/mol. The molecule has 0 saturated carbocycles. The summed E-state index contributed by atoms with van der Waals surface area (Å²) in [5.74, 6) is -0.498. The highest BCUT2D eigenvalue weighted by Crippen LogP contribution is 2.35. The Morgan fingerprint density at radius 1 is 1.09 bits per heavy atom. The lowest BCUT2D eigenvalue weighted by Gasteiger charge is -2.22. The van der Waals surface area contributed by atoms with Crippen LogP contribution in [0.4, 0.5) is 16.5 Å². The number of methoxy groups -OCH3 is 1. The number of nitrogens with zero attached hydrogens (tertiary/aromatic N) is 4. The average molecular weight is 479 g/mol. The number of benzene rings is 2. The number of ether oxygens (including phenoxy) is 2. The Hall–Kier alpha value is -4.05. The first-order valence-corrected chi connectivity index (χ1v) is 11.4. The predicted molar refractivity (Wildman–Crippen MR) is 128 cm³/mol. The van der Waals surface area contributed by atoms with E-state index in [0.717, 1.165) is 0 Å². The number of thiazole rings is 1. The lowest BCUT2D eigenvalue weighted by Crippen LogP contribution is -2.34. The highest BCUT2D eigenvalue weighted by atomic mass is 32.1. The molecule has 2 aromatic carbocycles. The Kier molecular flexibility index (Phi) is 6.98. The largest absolute Gasteiger partial charge is 0.495 e. The van der Waals surface area contributed by atoms with Gasteiger partial charge in [-0.15, -0.1) is 11.3 Å². The third kappa shape index (κ3) is 4.96. The van der Waals surface area contributed by atoms with Crippen LogP contribution in [0, 0.1) is 0 Å². The number of amides is 2. The summed E-state index contributed by atoms with van der Waals surface area (Å²) >= 11 is 1.25. The Morgan fingerprint density at radius 3 is 2.56 bits per heavy atom. The molecule has 0 bridgehead atoms. The van der Waals surface area contributed by atoms with Crippen molar-refractivity contribution >= 4 is 51.3 Å². The van der Waals surface area contributed by atoms with Gasteiger partial charge in [-0.3, -0.25) is 14.5 Å². The van der Waals surface area contributed by atoms with Crippen LogP contribution in [-0.2, 0) is 25.7 Å². The van der Waals surface area contributed by atoms with E-state index in [1.54, 1.807) is 47.8 Å². The number of rotatable bonds is 7. The first kappa shape index (κ1) is 23.1. The van der Waals surface area contributed by atoms with Gasteiger partial charge in [-0.05, 0) is 24.3 Å². The van der Waals surface area contributed by atoms with Gasteiger partial charge in [0.2, 0.25) is 11.8 Å². The van der Waals surface area contributed by atoms with Crippen molar-refractivity contribution in [3.8, 4) is 5.75 Å². The third-order valence-electron chi connectivity index (χ3n) is 4.99. The number of hydrazone groups is 1. The molecule has 0 radical (unpaired) electrons. The molecule has 0 unspecified atom stereocenters. The lowest BCUT2D eigenvalue weighted by molar-refractivity contribution is -0.137. The van der Waals surface area contributed by atoms with E-state index in [2.05, 4.69) is 10.1 Å². The van der Waals surface area contributed by atoms with Gasteiger partial charge in [0.05, 0.1) is 24.2 Å². The zero-order valence-electron chi connectivity index (χ0n) is 18.6. The van der Waals surface area contributed by atoms with Crippen LogP contribution in [0.1, 0.15) is 25.5 Å². The molecule has 10 heteroatoms. The minimum atomic E-state index is -0.615. The smallest absolute Gasteiger partial charge is 0.354 e. The molecule has 1 aromatic heterocycles. The van der Waals surface area contributed by atoms with E-state index in [0.29, 0.717) is 27.9 Å². The standard InChI is InChI=1S/C24H22N4O5S/c1-16(29)27(20-10-6-7-11-21(20)32-2)24-25-17(15-34-24)14-33-23(31)19-12-13-22(30)28(26-19)18-8-4-3-5-9-18/h3-11,15H,12-14H2,1-2H3. The van der Waals surface area contributed by atoms with E-state index < -0.39 is 5.97 Å². The van der Waals surface area contributed by atoms with Crippen molar-refractivity contribution in [2.75, 3.05) is 17.0 Å². The fourth-order valence-electron chi connectivity index (χ4n) is 3.38. The summed E-state index contributed by atoms with van der Waals surface area (Å²) < 4.78 is 10.8. The zero-order chi connectivity index (χ0) is 24.1. The Bertz CT molecular complexity index is 1240. The molecule has 2 heterocycles. The van der Waals surface area contributed by atoms with Gasteiger partial charge in [0.15, 0.2) is 5.13 Å². The summed E-state index contributed by atoms with van der Waals surface area (Å²) in [4.78, 5) is 43.1. The molecule has 0 aliphatic carbocycles. The minimum Gasteiger partial charge on any atom is -0.495 e. The van der Waals surface area contributed by atoms with Crippen molar-refractivity contribution in [3.05, 3.63) is 65.7 Å². The van der Waals surface area contributed by atoms with Crippen LogP contribution in [-0.4, -0.2) is 35.6 Å². The number of aromatic nitrogens is 1. The average Bonchev–Trinajstić information content (AvgIpc) is 3.32. The van der Waals surface area contributed by atoms with Crippen molar-refractivity contribution in [1.82, 2.24) is 4.98 Å². The molecule has 34 heavy (non-hydrogen) atoms. The fourth-order valence-corrected chi connectivity index (χ4v) is 4.25. The Labute approximate surface area is 200 Å². The van der Waals surface area contributed by atoms with Crippen LogP contribution in [0.15, 0.2) is 65.1 Å². The predicted octanol–water partition coefficient (Wildman–Crippen LogP) is 4.06. The van der Waals surface area contributed by atoms with Gasteiger partial charge >= 0.3 is 5.97 Å². The molecule has 0 fully saturated rings. The highest BCUT2D eigenvalue weighted by Gasteiger charge is 2.27. The Morgan fingerprint density at radius 2 is 1.82 bits per heavy atom. The number of carbonyl (C=O) groups excluding carboxylic acids is 3. The molecule has 3 aromatic rings. The summed E-state index contributed by atoms with van der Waals surface area (Å²) in [5, 5.41) is 7.57. The summed E-state index contributed by atoms with van der Waals surface area (Å²) in [6, 6.07) is 16.1. The molecule has 9 nitrogen and oxygen atoms in total. The van der Waals surface area contributed by atoms with Gasteiger partial charge in [-0.2, -0.15) is 5.10 Å². The van der Waals surface area contributed by atoms with Crippen molar-refractivity contribution in [3.63, 3.8) is 0 Å². The van der Waals surface area contributed by atoms with Crippen molar-refractivity contribution in [1.29, 1.82) is 0 Å². The van der Waals surface area contributed by atoms with E-state index in [4.69, 9.17) is 9.47 Å². The van der Waals surface area contributed by atoms with E-state index in [1.165, 1.54) is 35.3 Å². The molecule has 1 aliphatic heterocycles. The summed E-state index contributed by atoms with van der Waals surface area (Å²) in [6.45, 7) is 1.35.